The molecule has 2 aliphatic heterocycles. The number of phenolic OH excluding ortho intramolecular Hbond substituents is 7. The number of rotatable bonds is 3. The summed E-state index contributed by atoms with van der Waals surface area (Å²) in [7, 11) is 0. The molecule has 41 heavy (non-hydrogen) atoms. The largest absolute Gasteiger partial charge is 0.508 e. The second-order valence-corrected chi connectivity index (χ2v) is 10.2. The number of benzene rings is 4. The van der Waals surface area contributed by atoms with Crippen molar-refractivity contribution in [1.29, 1.82) is 0 Å². The quantitative estimate of drug-likeness (QED) is 0.166. The van der Waals surface area contributed by atoms with Crippen LogP contribution in [-0.4, -0.2) is 58.2 Å². The summed E-state index contributed by atoms with van der Waals surface area (Å²) in [5.74, 6) is -3.76. The Morgan fingerprint density at radius 2 is 1.24 bits per heavy atom. The molecule has 0 radical (unpaired) electrons. The Morgan fingerprint density at radius 1 is 0.561 bits per heavy atom. The first-order chi connectivity index (χ1) is 19.5. The number of fused-ring (bicyclic) bond motifs is 2. The highest BCUT2D eigenvalue weighted by Crippen LogP contribution is 2.57. The Hall–Kier alpha value is -5.00. The number of hydrogen-bond donors (Lipinski definition) is 9. The number of aliphatic hydroxyl groups is 2. The van der Waals surface area contributed by atoms with Gasteiger partial charge >= 0.3 is 0 Å². The maximum absolute atomic E-state index is 11.7. The van der Waals surface area contributed by atoms with Crippen molar-refractivity contribution in [2.45, 2.75) is 36.8 Å². The van der Waals surface area contributed by atoms with Crippen molar-refractivity contribution in [3.8, 4) is 51.7 Å². The van der Waals surface area contributed by atoms with Gasteiger partial charge in [0.05, 0.1) is 12.0 Å². The zero-order chi connectivity index (χ0) is 29.2. The fourth-order valence-corrected chi connectivity index (χ4v) is 5.66. The van der Waals surface area contributed by atoms with Crippen LogP contribution in [0.2, 0.25) is 0 Å². The molecule has 0 aromatic heterocycles. The van der Waals surface area contributed by atoms with Crippen LogP contribution in [0.15, 0.2) is 60.7 Å². The highest BCUT2D eigenvalue weighted by atomic mass is 16.5. The van der Waals surface area contributed by atoms with Crippen LogP contribution in [0, 0.1) is 0 Å². The Labute approximate surface area is 232 Å². The molecule has 0 unspecified atom stereocenters. The summed E-state index contributed by atoms with van der Waals surface area (Å²) in [5, 5.41) is 95.2. The highest BCUT2D eigenvalue weighted by Gasteiger charge is 2.46. The molecule has 4 aromatic rings. The SMILES string of the molecule is Oc1ccc([C@H]2Oc3cc(O)cc(O)c3[C@H](c3c(O)cc(O)c4c3O[C@H](c3ccc(O)c(O)c3)[C@H](O)C4)[C@H]2O)cc1. The number of ether oxygens (including phenoxy) is 2. The summed E-state index contributed by atoms with van der Waals surface area (Å²) < 4.78 is 12.2. The molecule has 0 saturated heterocycles. The molecule has 4 aromatic carbocycles. The number of hydrogen-bond acceptors (Lipinski definition) is 11. The fraction of sp³-hybridized carbons (Fsp3) is 0.200. The van der Waals surface area contributed by atoms with Crippen LogP contribution in [0.4, 0.5) is 0 Å². The van der Waals surface area contributed by atoms with E-state index in [-0.39, 0.29) is 63.2 Å². The molecular weight excluding hydrogens is 536 g/mol. The van der Waals surface area contributed by atoms with E-state index < -0.39 is 47.6 Å². The Bertz CT molecular complexity index is 1650. The van der Waals surface area contributed by atoms with E-state index in [0.29, 0.717) is 5.56 Å². The molecule has 0 aliphatic carbocycles. The smallest absolute Gasteiger partial charge is 0.157 e. The number of aliphatic hydroxyl groups excluding tert-OH is 2. The monoisotopic (exact) mass is 562 g/mol. The third-order valence-corrected chi connectivity index (χ3v) is 7.57. The third-order valence-electron chi connectivity index (χ3n) is 7.57. The molecular formula is C30H26O11. The predicted molar refractivity (Wildman–Crippen MR) is 142 cm³/mol. The van der Waals surface area contributed by atoms with Gasteiger partial charge in [-0.15, -0.1) is 0 Å². The fourth-order valence-electron chi connectivity index (χ4n) is 5.66. The average molecular weight is 563 g/mol. The van der Waals surface area contributed by atoms with Crippen molar-refractivity contribution in [3.63, 3.8) is 0 Å². The molecule has 0 bridgehead atoms. The van der Waals surface area contributed by atoms with Gasteiger partial charge in [-0.1, -0.05) is 18.2 Å². The molecule has 11 nitrogen and oxygen atoms in total. The van der Waals surface area contributed by atoms with Crippen LogP contribution in [0.25, 0.3) is 0 Å². The Morgan fingerprint density at radius 3 is 1.95 bits per heavy atom. The Kier molecular flexibility index (Phi) is 6.13. The zero-order valence-electron chi connectivity index (χ0n) is 21.2. The van der Waals surface area contributed by atoms with Crippen LogP contribution in [0.3, 0.4) is 0 Å². The first kappa shape index (κ1) is 26.2. The van der Waals surface area contributed by atoms with Gasteiger partial charge in [0.1, 0.15) is 52.5 Å². The van der Waals surface area contributed by atoms with Gasteiger partial charge in [0.25, 0.3) is 0 Å². The standard InChI is InChI=1S/C30H26O11/c31-14-4-1-12(2-5-14)29-27(39)26(24-20(36)8-15(32)9-23(24)40-29)25-21(37)11-18(34)16-10-22(38)28(41-30(16)25)13-3-6-17(33)19(35)7-13/h1-9,11,22,26-29,31-39H,10H2/t22-,26-,27-,28-,29-/m1/s1. The first-order valence-electron chi connectivity index (χ1n) is 12.7. The topological polar surface area (TPSA) is 201 Å². The summed E-state index contributed by atoms with van der Waals surface area (Å²) in [6.07, 6.45) is -5.05. The first-order valence-corrected chi connectivity index (χ1v) is 12.7. The molecule has 212 valence electrons. The lowest BCUT2D eigenvalue weighted by Crippen LogP contribution is -2.36. The van der Waals surface area contributed by atoms with E-state index in [2.05, 4.69) is 0 Å². The molecule has 9 N–H and O–H groups in total. The molecule has 0 fully saturated rings. The van der Waals surface area contributed by atoms with E-state index in [0.717, 1.165) is 12.1 Å². The van der Waals surface area contributed by atoms with Crippen molar-refractivity contribution in [1.82, 2.24) is 0 Å². The average Bonchev–Trinajstić information content (AvgIpc) is 2.92. The van der Waals surface area contributed by atoms with Crippen LogP contribution in [-0.2, 0) is 6.42 Å². The Balaban J connectivity index is 1.55. The zero-order valence-corrected chi connectivity index (χ0v) is 21.2. The van der Waals surface area contributed by atoms with E-state index in [4.69, 9.17) is 9.47 Å². The molecule has 11 heteroatoms. The van der Waals surface area contributed by atoms with Gasteiger partial charge in [0.2, 0.25) is 0 Å². The highest BCUT2D eigenvalue weighted by molar-refractivity contribution is 5.65. The third kappa shape index (κ3) is 4.31. The molecule has 0 amide bonds. The van der Waals surface area contributed by atoms with Gasteiger partial charge < -0.3 is 55.4 Å². The van der Waals surface area contributed by atoms with E-state index >= 15 is 0 Å². The van der Waals surface area contributed by atoms with Gasteiger partial charge in [-0.05, 0) is 35.4 Å². The normalized spacial score (nSPS) is 23.1. The maximum Gasteiger partial charge on any atom is 0.157 e. The van der Waals surface area contributed by atoms with Crippen molar-refractivity contribution >= 4 is 0 Å². The van der Waals surface area contributed by atoms with E-state index in [9.17, 15) is 46.0 Å². The van der Waals surface area contributed by atoms with Crippen LogP contribution in [0.5, 0.6) is 51.7 Å². The van der Waals surface area contributed by atoms with Gasteiger partial charge in [-0.3, -0.25) is 0 Å². The van der Waals surface area contributed by atoms with Crippen LogP contribution >= 0.6 is 0 Å². The second kappa shape index (κ2) is 9.58. The molecule has 6 rings (SSSR count). The van der Waals surface area contributed by atoms with E-state index in [1.165, 1.54) is 48.5 Å². The van der Waals surface area contributed by atoms with Gasteiger partial charge in [-0.25, -0.2) is 0 Å². The van der Waals surface area contributed by atoms with Crippen molar-refractivity contribution in [2.24, 2.45) is 0 Å². The lowest BCUT2D eigenvalue weighted by molar-refractivity contribution is 0.00122. The van der Waals surface area contributed by atoms with Gasteiger partial charge in [0, 0.05) is 41.3 Å². The van der Waals surface area contributed by atoms with Gasteiger partial charge in [0.15, 0.2) is 17.6 Å². The summed E-state index contributed by atoms with van der Waals surface area (Å²) >= 11 is 0. The van der Waals surface area contributed by atoms with Crippen molar-refractivity contribution < 1.29 is 55.4 Å². The summed E-state index contributed by atoms with van der Waals surface area (Å²) in [4.78, 5) is 0. The van der Waals surface area contributed by atoms with E-state index in [1.54, 1.807) is 0 Å². The lowest BCUT2D eigenvalue weighted by Gasteiger charge is -2.40. The summed E-state index contributed by atoms with van der Waals surface area (Å²) in [6, 6.07) is 13.1. The van der Waals surface area contributed by atoms with Crippen molar-refractivity contribution in [3.05, 3.63) is 88.5 Å². The van der Waals surface area contributed by atoms with Crippen molar-refractivity contribution in [2.75, 3.05) is 0 Å². The predicted octanol–water partition coefficient (Wildman–Crippen LogP) is 3.29. The number of phenols is 7. The minimum atomic E-state index is -1.48. The maximum atomic E-state index is 11.7. The molecule has 2 heterocycles. The minimum Gasteiger partial charge on any atom is -0.508 e. The molecule has 2 aliphatic rings. The molecule has 0 saturated carbocycles. The van der Waals surface area contributed by atoms with E-state index in [1.807, 2.05) is 0 Å². The molecule has 5 atom stereocenters. The minimum absolute atomic E-state index is 0.00736. The number of aromatic hydroxyl groups is 7. The molecule has 0 spiro atoms. The summed E-state index contributed by atoms with van der Waals surface area (Å²) in [5.41, 5.74) is 0.857. The second-order valence-electron chi connectivity index (χ2n) is 10.2. The van der Waals surface area contributed by atoms with Crippen LogP contribution in [0.1, 0.15) is 45.9 Å². The summed E-state index contributed by atoms with van der Waals surface area (Å²) in [6.45, 7) is 0. The van der Waals surface area contributed by atoms with Crippen LogP contribution < -0.4 is 9.47 Å². The lowest BCUT2D eigenvalue weighted by atomic mass is 9.77. The van der Waals surface area contributed by atoms with Gasteiger partial charge in [-0.2, -0.15) is 0 Å².